The summed E-state index contributed by atoms with van der Waals surface area (Å²) in [6.07, 6.45) is 3.31. The van der Waals surface area contributed by atoms with E-state index in [1.54, 1.807) is 37.5 Å². The summed E-state index contributed by atoms with van der Waals surface area (Å²) in [5.41, 5.74) is 1.84. The molecule has 0 bridgehead atoms. The van der Waals surface area contributed by atoms with Crippen molar-refractivity contribution >= 4 is 22.4 Å². The van der Waals surface area contributed by atoms with Crippen molar-refractivity contribution in [2.24, 2.45) is 0 Å². The Morgan fingerprint density at radius 3 is 2.83 bits per heavy atom. The lowest BCUT2D eigenvalue weighted by Gasteiger charge is -2.14. The first-order valence-electron chi connectivity index (χ1n) is 7.29. The molecular formula is C16H15N5O2S. The Morgan fingerprint density at radius 2 is 2.17 bits per heavy atom. The SMILES string of the molecule is Cc1cc(NC(=O)C(C)n2nc(-c3cccnc3)ccc2=O)sn1. The van der Waals surface area contributed by atoms with Crippen molar-refractivity contribution < 1.29 is 4.79 Å². The molecule has 24 heavy (non-hydrogen) atoms. The Kier molecular flexibility index (Phi) is 4.48. The van der Waals surface area contributed by atoms with Gasteiger partial charge in [0.15, 0.2) is 0 Å². The van der Waals surface area contributed by atoms with Crippen LogP contribution in [0.25, 0.3) is 11.3 Å². The van der Waals surface area contributed by atoms with Crippen molar-refractivity contribution in [3.8, 4) is 11.3 Å². The van der Waals surface area contributed by atoms with Crippen molar-refractivity contribution in [3.63, 3.8) is 0 Å². The number of nitrogens with one attached hydrogen (secondary N) is 1. The summed E-state index contributed by atoms with van der Waals surface area (Å²) in [7, 11) is 0. The molecule has 0 radical (unpaired) electrons. The minimum Gasteiger partial charge on any atom is -0.315 e. The Bertz CT molecular complexity index is 919. The fourth-order valence-electron chi connectivity index (χ4n) is 2.13. The van der Waals surface area contributed by atoms with Crippen LogP contribution < -0.4 is 10.9 Å². The van der Waals surface area contributed by atoms with Gasteiger partial charge in [0.25, 0.3) is 5.56 Å². The highest BCUT2D eigenvalue weighted by Crippen LogP contribution is 2.18. The van der Waals surface area contributed by atoms with E-state index in [1.807, 2.05) is 13.0 Å². The largest absolute Gasteiger partial charge is 0.315 e. The maximum atomic E-state index is 12.4. The van der Waals surface area contributed by atoms with E-state index in [0.29, 0.717) is 10.7 Å². The van der Waals surface area contributed by atoms with Crippen LogP contribution in [0, 0.1) is 6.92 Å². The van der Waals surface area contributed by atoms with E-state index in [2.05, 4.69) is 19.8 Å². The Labute approximate surface area is 142 Å². The Hall–Kier alpha value is -2.87. The van der Waals surface area contributed by atoms with E-state index >= 15 is 0 Å². The number of aromatic nitrogens is 4. The fourth-order valence-corrected chi connectivity index (χ4v) is 2.79. The maximum absolute atomic E-state index is 12.4. The third kappa shape index (κ3) is 3.38. The molecule has 1 atom stereocenters. The Morgan fingerprint density at radius 1 is 1.33 bits per heavy atom. The Balaban J connectivity index is 1.87. The molecule has 0 aliphatic rings. The number of carbonyl (C=O) groups is 1. The molecule has 1 N–H and O–H groups in total. The van der Waals surface area contributed by atoms with Crippen molar-refractivity contribution in [2.45, 2.75) is 19.9 Å². The molecule has 122 valence electrons. The molecule has 0 aliphatic carbocycles. The fraction of sp³-hybridized carbons (Fsp3) is 0.188. The molecule has 1 amide bonds. The summed E-state index contributed by atoms with van der Waals surface area (Å²) >= 11 is 1.20. The minimum absolute atomic E-state index is 0.323. The van der Waals surface area contributed by atoms with Crippen molar-refractivity contribution in [1.29, 1.82) is 0 Å². The van der Waals surface area contributed by atoms with Gasteiger partial charge >= 0.3 is 0 Å². The van der Waals surface area contributed by atoms with Crippen LogP contribution in [0.1, 0.15) is 18.7 Å². The van der Waals surface area contributed by atoms with Gasteiger partial charge in [-0.3, -0.25) is 14.6 Å². The first kappa shape index (κ1) is 16.0. The van der Waals surface area contributed by atoms with Gasteiger partial charge in [-0.15, -0.1) is 0 Å². The molecule has 0 spiro atoms. The summed E-state index contributed by atoms with van der Waals surface area (Å²) in [6, 6.07) is 7.67. The van der Waals surface area contributed by atoms with Gasteiger partial charge in [-0.25, -0.2) is 4.68 Å². The number of nitrogens with zero attached hydrogens (tertiary/aromatic N) is 4. The van der Waals surface area contributed by atoms with Crippen LogP contribution in [0.4, 0.5) is 5.00 Å². The maximum Gasteiger partial charge on any atom is 0.267 e. The zero-order valence-corrected chi connectivity index (χ0v) is 13.9. The monoisotopic (exact) mass is 341 g/mol. The lowest BCUT2D eigenvalue weighted by Crippen LogP contribution is -2.33. The molecule has 0 fully saturated rings. The molecule has 3 aromatic rings. The lowest BCUT2D eigenvalue weighted by molar-refractivity contribution is -0.119. The number of aryl methyl sites for hydroxylation is 1. The highest BCUT2D eigenvalue weighted by Gasteiger charge is 2.19. The van der Waals surface area contributed by atoms with Crippen LogP contribution >= 0.6 is 11.5 Å². The van der Waals surface area contributed by atoms with Crippen LogP contribution in [-0.4, -0.2) is 25.0 Å². The number of pyridine rings is 1. The predicted molar refractivity (Wildman–Crippen MR) is 91.9 cm³/mol. The van der Waals surface area contributed by atoms with Crippen LogP contribution in [0.15, 0.2) is 47.5 Å². The molecule has 0 aromatic carbocycles. The van der Waals surface area contributed by atoms with Gasteiger partial charge in [0.05, 0.1) is 11.4 Å². The molecule has 3 rings (SSSR count). The second kappa shape index (κ2) is 6.71. The van der Waals surface area contributed by atoms with Gasteiger partial charge in [0.1, 0.15) is 11.0 Å². The second-order valence-electron chi connectivity index (χ2n) is 5.24. The average Bonchev–Trinajstić information content (AvgIpc) is 3.00. The van der Waals surface area contributed by atoms with Crippen LogP contribution in [-0.2, 0) is 4.79 Å². The molecule has 3 heterocycles. The van der Waals surface area contributed by atoms with E-state index in [4.69, 9.17) is 0 Å². The van der Waals surface area contributed by atoms with Gasteiger partial charge < -0.3 is 5.32 Å². The van der Waals surface area contributed by atoms with Crippen molar-refractivity contribution in [1.82, 2.24) is 19.1 Å². The summed E-state index contributed by atoms with van der Waals surface area (Å²) in [6.45, 7) is 3.48. The standard InChI is InChI=1S/C16H15N5O2S/c1-10-8-14(24-20-10)18-16(23)11(2)21-15(22)6-5-13(19-21)12-4-3-7-17-9-12/h3-9,11H,1-2H3,(H,18,23). The molecule has 7 nitrogen and oxygen atoms in total. The molecule has 1 unspecified atom stereocenters. The van der Waals surface area contributed by atoms with Gasteiger partial charge in [-0.05, 0) is 49.6 Å². The molecule has 8 heteroatoms. The van der Waals surface area contributed by atoms with E-state index in [9.17, 15) is 9.59 Å². The number of amides is 1. The highest BCUT2D eigenvalue weighted by molar-refractivity contribution is 7.10. The first-order chi connectivity index (χ1) is 11.5. The molecule has 3 aromatic heterocycles. The molecular weight excluding hydrogens is 326 g/mol. The zero-order valence-electron chi connectivity index (χ0n) is 13.1. The zero-order chi connectivity index (χ0) is 17.1. The molecule has 0 aliphatic heterocycles. The average molecular weight is 341 g/mol. The van der Waals surface area contributed by atoms with Gasteiger partial charge in [-0.1, -0.05) is 0 Å². The number of hydrogen-bond donors (Lipinski definition) is 1. The van der Waals surface area contributed by atoms with Crippen molar-refractivity contribution in [3.05, 3.63) is 58.8 Å². The molecule has 0 saturated heterocycles. The van der Waals surface area contributed by atoms with E-state index in [1.165, 1.54) is 22.3 Å². The summed E-state index contributed by atoms with van der Waals surface area (Å²) < 4.78 is 5.28. The van der Waals surface area contributed by atoms with Crippen LogP contribution in [0.2, 0.25) is 0 Å². The number of hydrogen-bond acceptors (Lipinski definition) is 6. The van der Waals surface area contributed by atoms with Crippen LogP contribution in [0.5, 0.6) is 0 Å². The second-order valence-corrected chi connectivity index (χ2v) is 6.05. The highest BCUT2D eigenvalue weighted by atomic mass is 32.1. The van der Waals surface area contributed by atoms with E-state index in [0.717, 1.165) is 11.3 Å². The topological polar surface area (TPSA) is 89.8 Å². The quantitative estimate of drug-likeness (QED) is 0.786. The predicted octanol–water partition coefficient (Wildman–Crippen LogP) is 2.27. The summed E-state index contributed by atoms with van der Waals surface area (Å²) in [5, 5.41) is 7.69. The van der Waals surface area contributed by atoms with Crippen molar-refractivity contribution in [2.75, 3.05) is 5.32 Å². The van der Waals surface area contributed by atoms with Gasteiger partial charge in [-0.2, -0.15) is 9.47 Å². The van der Waals surface area contributed by atoms with Crippen LogP contribution in [0.3, 0.4) is 0 Å². The normalized spacial score (nSPS) is 11.9. The smallest absolute Gasteiger partial charge is 0.267 e. The summed E-state index contributed by atoms with van der Waals surface area (Å²) in [5.74, 6) is -0.323. The molecule has 0 saturated carbocycles. The first-order valence-corrected chi connectivity index (χ1v) is 8.06. The van der Waals surface area contributed by atoms with Gasteiger partial charge in [0, 0.05) is 24.0 Å². The summed E-state index contributed by atoms with van der Waals surface area (Å²) in [4.78, 5) is 28.5. The number of rotatable bonds is 4. The number of carbonyl (C=O) groups excluding carboxylic acids is 1. The third-order valence-electron chi connectivity index (χ3n) is 3.40. The lowest BCUT2D eigenvalue weighted by atomic mass is 10.2. The van der Waals surface area contributed by atoms with E-state index in [-0.39, 0.29) is 11.5 Å². The minimum atomic E-state index is -0.753. The van der Waals surface area contributed by atoms with Gasteiger partial charge in [0.2, 0.25) is 5.91 Å². The number of anilines is 1. The third-order valence-corrected chi connectivity index (χ3v) is 4.20. The van der Waals surface area contributed by atoms with E-state index < -0.39 is 6.04 Å².